The van der Waals surface area contributed by atoms with E-state index in [1.807, 2.05) is 67.6 Å². The number of aromatic amines is 1. The number of aromatic nitrogens is 4. The molecule has 0 saturated heterocycles. The van der Waals surface area contributed by atoms with Crippen molar-refractivity contribution in [2.45, 2.75) is 6.92 Å². The molecule has 6 N–H and O–H groups in total. The van der Waals surface area contributed by atoms with Gasteiger partial charge in [0, 0.05) is 17.3 Å². The SMILES string of the molecule is Cc1nc(-c2ccc(N)cc2)nc(Nc2cc(-c3ccccc3)[nH]n2)c1N. The van der Waals surface area contributed by atoms with Gasteiger partial charge in [0.15, 0.2) is 17.5 Å². The largest absolute Gasteiger partial charge is 0.399 e. The van der Waals surface area contributed by atoms with Crippen molar-refractivity contribution in [2.24, 2.45) is 0 Å². The summed E-state index contributed by atoms with van der Waals surface area (Å²) in [5.41, 5.74) is 16.6. The van der Waals surface area contributed by atoms with Crippen molar-refractivity contribution in [3.05, 3.63) is 66.4 Å². The average Bonchev–Trinajstić information content (AvgIpc) is 3.15. The van der Waals surface area contributed by atoms with E-state index < -0.39 is 0 Å². The summed E-state index contributed by atoms with van der Waals surface area (Å²) in [6.07, 6.45) is 0. The second kappa shape index (κ2) is 6.80. The maximum Gasteiger partial charge on any atom is 0.161 e. The molecule has 0 aliphatic rings. The van der Waals surface area contributed by atoms with Crippen LogP contribution in [0.1, 0.15) is 5.69 Å². The van der Waals surface area contributed by atoms with Gasteiger partial charge in [-0.2, -0.15) is 5.10 Å². The minimum Gasteiger partial charge on any atom is -0.399 e. The lowest BCUT2D eigenvalue weighted by molar-refractivity contribution is 1.08. The van der Waals surface area contributed by atoms with Gasteiger partial charge in [0.2, 0.25) is 0 Å². The van der Waals surface area contributed by atoms with E-state index >= 15 is 0 Å². The first kappa shape index (κ1) is 16.6. The molecule has 0 spiro atoms. The van der Waals surface area contributed by atoms with E-state index in [1.165, 1.54) is 0 Å². The lowest BCUT2D eigenvalue weighted by Crippen LogP contribution is -2.05. The molecule has 7 nitrogen and oxygen atoms in total. The molecule has 0 saturated carbocycles. The Morgan fingerprint density at radius 3 is 2.37 bits per heavy atom. The van der Waals surface area contributed by atoms with E-state index in [2.05, 4.69) is 25.5 Å². The van der Waals surface area contributed by atoms with Gasteiger partial charge in [-0.3, -0.25) is 5.10 Å². The molecular weight excluding hydrogens is 338 g/mol. The standard InChI is InChI=1S/C20H19N7/c1-12-18(22)20(25-19(23-12)14-7-9-15(21)10-8-14)24-17-11-16(26-27-17)13-5-3-2-4-6-13/h2-11H,21-22H2,1H3,(H2,23,24,25,26,27). The average molecular weight is 357 g/mol. The highest BCUT2D eigenvalue weighted by molar-refractivity contribution is 5.74. The van der Waals surface area contributed by atoms with Gasteiger partial charge < -0.3 is 16.8 Å². The van der Waals surface area contributed by atoms with Crippen molar-refractivity contribution in [2.75, 3.05) is 16.8 Å². The monoisotopic (exact) mass is 357 g/mol. The van der Waals surface area contributed by atoms with Crippen LogP contribution in [0.2, 0.25) is 0 Å². The molecule has 0 bridgehead atoms. The van der Waals surface area contributed by atoms with Crippen molar-refractivity contribution >= 4 is 23.0 Å². The van der Waals surface area contributed by atoms with Crippen LogP contribution in [0, 0.1) is 6.92 Å². The maximum absolute atomic E-state index is 6.17. The molecule has 0 amide bonds. The zero-order valence-electron chi connectivity index (χ0n) is 14.8. The maximum atomic E-state index is 6.17. The van der Waals surface area contributed by atoms with Gasteiger partial charge in [0.25, 0.3) is 0 Å². The van der Waals surface area contributed by atoms with Crippen LogP contribution in [0.25, 0.3) is 22.6 Å². The number of benzene rings is 2. The summed E-state index contributed by atoms with van der Waals surface area (Å²) in [5, 5.41) is 10.5. The Kier molecular flexibility index (Phi) is 4.18. The summed E-state index contributed by atoms with van der Waals surface area (Å²) < 4.78 is 0. The van der Waals surface area contributed by atoms with Gasteiger partial charge in [-0.25, -0.2) is 9.97 Å². The van der Waals surface area contributed by atoms with Crippen LogP contribution in [-0.2, 0) is 0 Å². The minimum atomic E-state index is 0.485. The van der Waals surface area contributed by atoms with E-state index in [0.29, 0.717) is 34.5 Å². The molecule has 0 unspecified atom stereocenters. The van der Waals surface area contributed by atoms with Crippen LogP contribution in [0.4, 0.5) is 23.0 Å². The Hall–Kier alpha value is -3.87. The Labute approximate surface area is 156 Å². The number of nitrogens with one attached hydrogen (secondary N) is 2. The number of rotatable bonds is 4. The van der Waals surface area contributed by atoms with Gasteiger partial charge in [0.05, 0.1) is 17.1 Å². The molecule has 7 heteroatoms. The Morgan fingerprint density at radius 1 is 0.889 bits per heavy atom. The number of nitrogens with zero attached hydrogens (tertiary/aromatic N) is 3. The van der Waals surface area contributed by atoms with E-state index in [9.17, 15) is 0 Å². The predicted octanol–water partition coefficient (Wildman–Crippen LogP) is 3.75. The molecule has 2 aromatic carbocycles. The van der Waals surface area contributed by atoms with E-state index in [4.69, 9.17) is 11.5 Å². The van der Waals surface area contributed by atoms with Gasteiger partial charge >= 0.3 is 0 Å². The van der Waals surface area contributed by atoms with Crippen LogP contribution in [0.3, 0.4) is 0 Å². The molecule has 0 aliphatic heterocycles. The molecule has 27 heavy (non-hydrogen) atoms. The van der Waals surface area contributed by atoms with E-state index in [0.717, 1.165) is 16.8 Å². The number of aryl methyl sites for hydroxylation is 1. The molecule has 2 aromatic heterocycles. The third-order valence-corrected chi connectivity index (χ3v) is 4.21. The van der Waals surface area contributed by atoms with Crippen LogP contribution < -0.4 is 16.8 Å². The number of nitrogens with two attached hydrogens (primary N) is 2. The molecule has 2 heterocycles. The quantitative estimate of drug-likeness (QED) is 0.413. The third-order valence-electron chi connectivity index (χ3n) is 4.21. The lowest BCUT2D eigenvalue weighted by atomic mass is 10.1. The highest BCUT2D eigenvalue weighted by atomic mass is 15.2. The van der Waals surface area contributed by atoms with Crippen molar-refractivity contribution in [3.8, 4) is 22.6 Å². The molecule has 0 fully saturated rings. The second-order valence-electron chi connectivity index (χ2n) is 6.17. The van der Waals surface area contributed by atoms with Crippen LogP contribution in [0.15, 0.2) is 60.7 Å². The molecule has 0 atom stereocenters. The van der Waals surface area contributed by atoms with Crippen LogP contribution >= 0.6 is 0 Å². The summed E-state index contributed by atoms with van der Waals surface area (Å²) in [4.78, 5) is 9.05. The zero-order valence-corrected chi connectivity index (χ0v) is 14.8. The van der Waals surface area contributed by atoms with Gasteiger partial charge in [-0.05, 0) is 36.8 Å². The normalized spacial score (nSPS) is 10.7. The summed E-state index contributed by atoms with van der Waals surface area (Å²) >= 11 is 0. The highest BCUT2D eigenvalue weighted by Gasteiger charge is 2.12. The molecule has 0 aliphatic carbocycles. The number of anilines is 4. The first-order chi connectivity index (χ1) is 13.1. The van der Waals surface area contributed by atoms with Crippen molar-refractivity contribution in [1.29, 1.82) is 0 Å². The summed E-state index contributed by atoms with van der Waals surface area (Å²) in [6, 6.07) is 19.3. The fourth-order valence-corrected chi connectivity index (χ4v) is 2.71. The third kappa shape index (κ3) is 3.43. The number of H-pyrrole nitrogens is 1. The molecule has 0 radical (unpaired) electrons. The van der Waals surface area contributed by atoms with Gasteiger partial charge in [-0.1, -0.05) is 30.3 Å². The van der Waals surface area contributed by atoms with Gasteiger partial charge in [0.1, 0.15) is 0 Å². The van der Waals surface area contributed by atoms with E-state index in [-0.39, 0.29) is 0 Å². The molecular formula is C20H19N7. The summed E-state index contributed by atoms with van der Waals surface area (Å²) in [6.45, 7) is 1.85. The van der Waals surface area contributed by atoms with E-state index in [1.54, 1.807) is 0 Å². The van der Waals surface area contributed by atoms with Gasteiger partial charge in [-0.15, -0.1) is 0 Å². The number of nitrogen functional groups attached to an aromatic ring is 2. The predicted molar refractivity (Wildman–Crippen MR) is 108 cm³/mol. The first-order valence-corrected chi connectivity index (χ1v) is 8.48. The summed E-state index contributed by atoms with van der Waals surface area (Å²) in [5.74, 6) is 1.71. The van der Waals surface area contributed by atoms with Crippen molar-refractivity contribution in [1.82, 2.24) is 20.2 Å². The Balaban J connectivity index is 1.66. The fourth-order valence-electron chi connectivity index (χ4n) is 2.71. The summed E-state index contributed by atoms with van der Waals surface area (Å²) in [7, 11) is 0. The zero-order chi connectivity index (χ0) is 18.8. The molecule has 134 valence electrons. The Morgan fingerprint density at radius 2 is 1.63 bits per heavy atom. The Bertz CT molecular complexity index is 1070. The van der Waals surface area contributed by atoms with Crippen molar-refractivity contribution < 1.29 is 0 Å². The first-order valence-electron chi connectivity index (χ1n) is 8.48. The minimum absolute atomic E-state index is 0.485. The van der Waals surface area contributed by atoms with Crippen molar-refractivity contribution in [3.63, 3.8) is 0 Å². The number of hydrogen-bond acceptors (Lipinski definition) is 6. The topological polar surface area (TPSA) is 119 Å². The molecule has 4 rings (SSSR count). The highest BCUT2D eigenvalue weighted by Crippen LogP contribution is 2.28. The second-order valence-corrected chi connectivity index (χ2v) is 6.17. The smallest absolute Gasteiger partial charge is 0.161 e. The number of hydrogen-bond donors (Lipinski definition) is 4. The van der Waals surface area contributed by atoms with Crippen LogP contribution in [-0.4, -0.2) is 20.2 Å². The fraction of sp³-hybridized carbons (Fsp3) is 0.0500. The van der Waals surface area contributed by atoms with Crippen LogP contribution in [0.5, 0.6) is 0 Å². The molecule has 4 aromatic rings. The lowest BCUT2D eigenvalue weighted by Gasteiger charge is -2.10.